The van der Waals surface area contributed by atoms with Gasteiger partial charge in [-0.3, -0.25) is 4.79 Å². The molecule has 19 heavy (non-hydrogen) atoms. The van der Waals surface area contributed by atoms with Gasteiger partial charge in [0.2, 0.25) is 0 Å². The summed E-state index contributed by atoms with van der Waals surface area (Å²) in [5.41, 5.74) is 0.683. The van der Waals surface area contributed by atoms with Gasteiger partial charge >= 0.3 is 0 Å². The molecule has 1 amide bonds. The summed E-state index contributed by atoms with van der Waals surface area (Å²) in [4.78, 5) is 11.3. The lowest BCUT2D eigenvalue weighted by molar-refractivity contribution is -0.122. The lowest BCUT2D eigenvalue weighted by Gasteiger charge is -2.15. The second-order valence-electron chi connectivity index (χ2n) is 4.34. The Morgan fingerprint density at radius 2 is 2.05 bits per heavy atom. The summed E-state index contributed by atoms with van der Waals surface area (Å²) >= 11 is 0. The zero-order chi connectivity index (χ0) is 13.8. The highest BCUT2D eigenvalue weighted by molar-refractivity contribution is 5.90. The van der Waals surface area contributed by atoms with E-state index in [1.165, 1.54) is 0 Å². The second kappa shape index (κ2) is 5.71. The average Bonchev–Trinajstić information content (AvgIpc) is 2.43. The van der Waals surface area contributed by atoms with Gasteiger partial charge in [0.25, 0.3) is 5.91 Å². The normalized spacial score (nSPS) is 12.2. The monoisotopic (exact) mass is 259 g/mol. The van der Waals surface area contributed by atoms with Crippen LogP contribution in [-0.4, -0.2) is 24.7 Å². The molecule has 0 aromatic heterocycles. The van der Waals surface area contributed by atoms with Crippen molar-refractivity contribution in [3.8, 4) is 5.75 Å². The van der Waals surface area contributed by atoms with Gasteiger partial charge in [-0.15, -0.1) is 0 Å². The first-order valence-electron chi connectivity index (χ1n) is 6.16. The fourth-order valence-electron chi connectivity index (χ4n) is 1.96. The molecule has 0 aliphatic heterocycles. The van der Waals surface area contributed by atoms with Crippen LogP contribution < -0.4 is 10.1 Å². The number of carbonyl (C=O) groups excluding carboxylic acids is 1. The van der Waals surface area contributed by atoms with E-state index in [9.17, 15) is 9.90 Å². The van der Waals surface area contributed by atoms with Crippen LogP contribution >= 0.6 is 0 Å². The van der Waals surface area contributed by atoms with E-state index in [4.69, 9.17) is 4.74 Å². The smallest absolute Gasteiger partial charge is 0.257 e. The molecule has 0 fully saturated rings. The first-order chi connectivity index (χ1) is 9.13. The average molecular weight is 259 g/mol. The Kier molecular flexibility index (Phi) is 4.02. The van der Waals surface area contributed by atoms with E-state index in [0.717, 1.165) is 10.8 Å². The molecule has 2 aromatic carbocycles. The van der Waals surface area contributed by atoms with Crippen molar-refractivity contribution in [2.75, 3.05) is 13.7 Å². The van der Waals surface area contributed by atoms with Crippen LogP contribution in [0.1, 0.15) is 18.6 Å². The topological polar surface area (TPSA) is 58.6 Å². The van der Waals surface area contributed by atoms with Gasteiger partial charge in [-0.2, -0.15) is 0 Å². The van der Waals surface area contributed by atoms with E-state index in [0.29, 0.717) is 11.3 Å². The van der Waals surface area contributed by atoms with E-state index in [-0.39, 0.29) is 12.5 Å². The summed E-state index contributed by atoms with van der Waals surface area (Å²) < 4.78 is 5.59. The number of amides is 1. The Labute approximate surface area is 112 Å². The van der Waals surface area contributed by atoms with Gasteiger partial charge in [0.05, 0.1) is 6.10 Å². The summed E-state index contributed by atoms with van der Waals surface area (Å²) in [6, 6.07) is 11.5. The van der Waals surface area contributed by atoms with Crippen LogP contribution in [0.25, 0.3) is 10.8 Å². The number of carbonyl (C=O) groups is 1. The molecule has 100 valence electrons. The van der Waals surface area contributed by atoms with E-state index in [1.54, 1.807) is 14.0 Å². The fourth-order valence-corrected chi connectivity index (χ4v) is 1.96. The minimum absolute atomic E-state index is 0.0653. The van der Waals surface area contributed by atoms with Gasteiger partial charge in [-0.25, -0.2) is 0 Å². The van der Waals surface area contributed by atoms with Crippen LogP contribution in [-0.2, 0) is 4.79 Å². The lowest BCUT2D eigenvalue weighted by Crippen LogP contribution is -2.25. The third-order valence-corrected chi connectivity index (χ3v) is 2.99. The number of aliphatic hydroxyl groups is 1. The fraction of sp³-hybridized carbons (Fsp3) is 0.267. The zero-order valence-electron chi connectivity index (χ0n) is 11.0. The molecule has 2 N–H and O–H groups in total. The van der Waals surface area contributed by atoms with Gasteiger partial charge in [0, 0.05) is 18.0 Å². The van der Waals surface area contributed by atoms with Gasteiger partial charge in [0.15, 0.2) is 6.61 Å². The molecule has 1 atom stereocenters. The molecule has 0 aliphatic rings. The van der Waals surface area contributed by atoms with Crippen molar-refractivity contribution in [2.24, 2.45) is 0 Å². The van der Waals surface area contributed by atoms with Gasteiger partial charge in [-0.05, 0) is 12.3 Å². The Hall–Kier alpha value is -2.07. The quantitative estimate of drug-likeness (QED) is 0.883. The van der Waals surface area contributed by atoms with Crippen LogP contribution in [0.5, 0.6) is 5.75 Å². The van der Waals surface area contributed by atoms with Gasteiger partial charge < -0.3 is 15.2 Å². The third kappa shape index (κ3) is 2.85. The van der Waals surface area contributed by atoms with Gasteiger partial charge in [-0.1, -0.05) is 36.4 Å². The minimum Gasteiger partial charge on any atom is -0.483 e. The number of nitrogens with one attached hydrogen (secondary N) is 1. The summed E-state index contributed by atoms with van der Waals surface area (Å²) in [5, 5.41) is 14.2. The number of ether oxygens (including phenoxy) is 1. The third-order valence-electron chi connectivity index (χ3n) is 2.99. The summed E-state index contributed by atoms with van der Waals surface area (Å²) in [7, 11) is 1.56. The molecule has 2 aromatic rings. The molecule has 0 unspecified atom stereocenters. The highest BCUT2D eigenvalue weighted by Gasteiger charge is 2.13. The first kappa shape index (κ1) is 13.4. The molecule has 0 spiro atoms. The molecule has 0 saturated carbocycles. The van der Waals surface area contributed by atoms with Crippen molar-refractivity contribution >= 4 is 16.7 Å². The van der Waals surface area contributed by atoms with Crippen molar-refractivity contribution < 1.29 is 14.6 Å². The molecular formula is C15H17NO3. The number of benzene rings is 2. The highest BCUT2D eigenvalue weighted by atomic mass is 16.5. The Bertz CT molecular complexity index is 593. The number of fused-ring (bicyclic) bond motifs is 1. The minimum atomic E-state index is -0.649. The van der Waals surface area contributed by atoms with Crippen molar-refractivity contribution in [2.45, 2.75) is 13.0 Å². The van der Waals surface area contributed by atoms with Crippen molar-refractivity contribution in [1.82, 2.24) is 5.32 Å². The van der Waals surface area contributed by atoms with E-state index < -0.39 is 6.10 Å². The molecule has 0 bridgehead atoms. The van der Waals surface area contributed by atoms with Crippen LogP contribution in [0.4, 0.5) is 0 Å². The van der Waals surface area contributed by atoms with Gasteiger partial charge in [0.1, 0.15) is 5.75 Å². The maximum Gasteiger partial charge on any atom is 0.257 e. The molecule has 4 heteroatoms. The summed E-state index contributed by atoms with van der Waals surface area (Å²) in [5.74, 6) is 0.362. The van der Waals surface area contributed by atoms with Crippen LogP contribution in [0.3, 0.4) is 0 Å². The molecule has 0 aliphatic carbocycles. The predicted molar refractivity (Wildman–Crippen MR) is 74.1 cm³/mol. The lowest BCUT2D eigenvalue weighted by atomic mass is 10.0. The Morgan fingerprint density at radius 3 is 2.74 bits per heavy atom. The molecule has 0 radical (unpaired) electrons. The predicted octanol–water partition coefficient (Wildman–Crippen LogP) is 2.02. The van der Waals surface area contributed by atoms with E-state index in [1.807, 2.05) is 36.4 Å². The van der Waals surface area contributed by atoms with Crippen molar-refractivity contribution in [3.63, 3.8) is 0 Å². The molecule has 0 heterocycles. The van der Waals surface area contributed by atoms with Crippen LogP contribution in [0, 0.1) is 0 Å². The maximum atomic E-state index is 11.3. The summed E-state index contributed by atoms with van der Waals surface area (Å²) in [6.07, 6.45) is -0.649. The van der Waals surface area contributed by atoms with Crippen molar-refractivity contribution in [1.29, 1.82) is 0 Å². The van der Waals surface area contributed by atoms with E-state index >= 15 is 0 Å². The summed E-state index contributed by atoms with van der Waals surface area (Å²) in [6.45, 7) is 1.61. The zero-order valence-corrected chi connectivity index (χ0v) is 11.0. The Balaban J connectivity index is 2.46. The SMILES string of the molecule is CNC(=O)COc1c([C@H](C)O)ccc2ccccc12. The number of hydrogen-bond donors (Lipinski definition) is 2. The number of likely N-dealkylation sites (N-methyl/N-ethyl adjacent to an activating group) is 1. The highest BCUT2D eigenvalue weighted by Crippen LogP contribution is 2.33. The number of hydrogen-bond acceptors (Lipinski definition) is 3. The largest absolute Gasteiger partial charge is 0.483 e. The molecule has 0 saturated heterocycles. The number of rotatable bonds is 4. The maximum absolute atomic E-state index is 11.3. The van der Waals surface area contributed by atoms with E-state index in [2.05, 4.69) is 5.32 Å². The first-order valence-corrected chi connectivity index (χ1v) is 6.16. The van der Waals surface area contributed by atoms with Crippen molar-refractivity contribution in [3.05, 3.63) is 42.0 Å². The van der Waals surface area contributed by atoms with Crippen LogP contribution in [0.2, 0.25) is 0 Å². The molecule has 4 nitrogen and oxygen atoms in total. The molecular weight excluding hydrogens is 242 g/mol. The molecule has 2 rings (SSSR count). The van der Waals surface area contributed by atoms with Crippen LogP contribution in [0.15, 0.2) is 36.4 Å². The Morgan fingerprint density at radius 1 is 1.32 bits per heavy atom. The standard InChI is InChI=1S/C15H17NO3/c1-10(17)12-8-7-11-5-3-4-6-13(11)15(12)19-9-14(18)16-2/h3-8,10,17H,9H2,1-2H3,(H,16,18)/t10-/m0/s1. The second-order valence-corrected chi connectivity index (χ2v) is 4.34. The number of aliphatic hydroxyl groups excluding tert-OH is 1.